The fraction of sp³-hybridized carbons (Fsp3) is 0.176. The molecule has 0 saturated carbocycles. The van der Waals surface area contributed by atoms with Crippen molar-refractivity contribution in [3.8, 4) is 0 Å². The van der Waals surface area contributed by atoms with Crippen molar-refractivity contribution < 1.29 is 18.7 Å². The molecule has 0 N–H and O–H groups in total. The molecule has 0 atom stereocenters. The Hall–Kier alpha value is -2.31. The molecular weight excluding hydrogens is 350 g/mol. The number of amides is 1. The van der Waals surface area contributed by atoms with Crippen LogP contribution in [0.3, 0.4) is 0 Å². The van der Waals surface area contributed by atoms with Crippen molar-refractivity contribution in [2.24, 2.45) is 0 Å². The van der Waals surface area contributed by atoms with Crippen molar-refractivity contribution in [1.82, 2.24) is 4.90 Å². The summed E-state index contributed by atoms with van der Waals surface area (Å²) >= 11 is 7.46. The third-order valence-electron chi connectivity index (χ3n) is 3.41. The van der Waals surface area contributed by atoms with Gasteiger partial charge in [-0.15, -0.1) is 11.3 Å². The Morgan fingerprint density at radius 1 is 1.29 bits per heavy atom. The van der Waals surface area contributed by atoms with Crippen LogP contribution in [0.25, 0.3) is 11.0 Å². The van der Waals surface area contributed by atoms with Gasteiger partial charge in [-0.1, -0.05) is 17.7 Å². The molecule has 5 nitrogen and oxygen atoms in total. The molecule has 0 aliphatic carbocycles. The summed E-state index contributed by atoms with van der Waals surface area (Å²) in [7, 11) is 1.67. The van der Waals surface area contributed by atoms with Gasteiger partial charge in [0.2, 0.25) is 5.76 Å². The van der Waals surface area contributed by atoms with E-state index in [0.29, 0.717) is 22.5 Å². The summed E-state index contributed by atoms with van der Waals surface area (Å²) in [4.78, 5) is 26.6. The number of nitrogens with zero attached hydrogens (tertiary/aromatic N) is 1. The Labute approximate surface area is 147 Å². The molecule has 2 aromatic heterocycles. The van der Waals surface area contributed by atoms with Crippen LogP contribution in [-0.4, -0.2) is 30.4 Å². The minimum absolute atomic E-state index is 0.0426. The molecular formula is C17H14ClNO4S. The van der Waals surface area contributed by atoms with Gasteiger partial charge in [-0.05, 0) is 35.7 Å². The predicted molar refractivity (Wildman–Crippen MR) is 92.3 cm³/mol. The minimum Gasteiger partial charge on any atom is -0.450 e. The van der Waals surface area contributed by atoms with Gasteiger partial charge in [-0.25, -0.2) is 4.79 Å². The zero-order valence-corrected chi connectivity index (χ0v) is 14.4. The van der Waals surface area contributed by atoms with Crippen LogP contribution in [-0.2, 0) is 16.1 Å². The summed E-state index contributed by atoms with van der Waals surface area (Å²) in [5, 5.41) is 3.20. The number of likely N-dealkylation sites (N-methyl/N-ethyl adjacent to an activating group) is 1. The molecule has 24 heavy (non-hydrogen) atoms. The summed E-state index contributed by atoms with van der Waals surface area (Å²) in [5.74, 6) is -0.919. The summed E-state index contributed by atoms with van der Waals surface area (Å²) in [6.45, 7) is 0.149. The molecule has 0 spiro atoms. The summed E-state index contributed by atoms with van der Waals surface area (Å²) in [6.07, 6.45) is 0. The number of rotatable bonds is 5. The van der Waals surface area contributed by atoms with E-state index in [1.165, 1.54) is 4.90 Å². The standard InChI is InChI=1S/C17H14ClNO4S/c1-19(9-13-3-2-6-24-13)16(20)10-22-17(21)15-8-11-7-12(18)4-5-14(11)23-15/h2-8H,9-10H2,1H3. The lowest BCUT2D eigenvalue weighted by molar-refractivity contribution is -0.133. The Balaban J connectivity index is 1.58. The highest BCUT2D eigenvalue weighted by Gasteiger charge is 2.17. The number of benzene rings is 1. The van der Waals surface area contributed by atoms with Crippen LogP contribution in [0.2, 0.25) is 5.02 Å². The average Bonchev–Trinajstić information content (AvgIpc) is 3.20. The summed E-state index contributed by atoms with van der Waals surface area (Å²) in [6, 6.07) is 10.5. The van der Waals surface area contributed by atoms with Gasteiger partial charge in [-0.3, -0.25) is 4.79 Å². The van der Waals surface area contributed by atoms with Crippen LogP contribution in [0, 0.1) is 0 Å². The second-order valence-electron chi connectivity index (χ2n) is 5.20. The molecule has 1 amide bonds. The topological polar surface area (TPSA) is 59.8 Å². The van der Waals surface area contributed by atoms with E-state index in [4.69, 9.17) is 20.8 Å². The average molecular weight is 364 g/mol. The number of carbonyl (C=O) groups is 2. The van der Waals surface area contributed by atoms with Crippen LogP contribution in [0.15, 0.2) is 46.2 Å². The zero-order chi connectivity index (χ0) is 17.1. The normalized spacial score (nSPS) is 10.8. The maximum atomic E-state index is 12.0. The van der Waals surface area contributed by atoms with E-state index < -0.39 is 5.97 Å². The number of carbonyl (C=O) groups excluding carboxylic acids is 2. The highest BCUT2D eigenvalue weighted by Crippen LogP contribution is 2.23. The van der Waals surface area contributed by atoms with Gasteiger partial charge in [0.1, 0.15) is 5.58 Å². The molecule has 3 rings (SSSR count). The predicted octanol–water partition coefficient (Wildman–Crippen LogP) is 3.96. The number of halogens is 1. The first-order valence-electron chi connectivity index (χ1n) is 7.15. The van der Waals surface area contributed by atoms with E-state index in [9.17, 15) is 9.59 Å². The lowest BCUT2D eigenvalue weighted by Crippen LogP contribution is -2.30. The number of hydrogen-bond acceptors (Lipinski definition) is 5. The second-order valence-corrected chi connectivity index (χ2v) is 6.67. The molecule has 0 saturated heterocycles. The molecule has 3 aromatic rings. The highest BCUT2D eigenvalue weighted by molar-refractivity contribution is 7.09. The van der Waals surface area contributed by atoms with Crippen molar-refractivity contribution in [3.63, 3.8) is 0 Å². The largest absolute Gasteiger partial charge is 0.450 e. The number of thiophene rings is 1. The first-order chi connectivity index (χ1) is 11.5. The van der Waals surface area contributed by atoms with E-state index in [1.807, 2.05) is 17.5 Å². The van der Waals surface area contributed by atoms with Crippen LogP contribution >= 0.6 is 22.9 Å². The van der Waals surface area contributed by atoms with Gasteiger partial charge in [0, 0.05) is 22.3 Å². The van der Waals surface area contributed by atoms with Crippen LogP contribution in [0.1, 0.15) is 15.4 Å². The monoisotopic (exact) mass is 363 g/mol. The maximum Gasteiger partial charge on any atom is 0.374 e. The first kappa shape index (κ1) is 16.5. The molecule has 0 aliphatic heterocycles. The molecule has 0 radical (unpaired) electrons. The van der Waals surface area contributed by atoms with Gasteiger partial charge in [0.05, 0.1) is 6.54 Å². The fourth-order valence-corrected chi connectivity index (χ4v) is 3.09. The van der Waals surface area contributed by atoms with Crippen LogP contribution < -0.4 is 0 Å². The van der Waals surface area contributed by atoms with Crippen molar-refractivity contribution in [3.05, 3.63) is 57.4 Å². The van der Waals surface area contributed by atoms with E-state index in [0.717, 1.165) is 4.88 Å². The number of hydrogen-bond donors (Lipinski definition) is 0. The Morgan fingerprint density at radius 3 is 2.88 bits per heavy atom. The molecule has 124 valence electrons. The Morgan fingerprint density at radius 2 is 2.12 bits per heavy atom. The highest BCUT2D eigenvalue weighted by atomic mass is 35.5. The minimum atomic E-state index is -0.680. The van der Waals surface area contributed by atoms with Crippen molar-refractivity contribution >= 4 is 45.8 Å². The smallest absolute Gasteiger partial charge is 0.374 e. The Kier molecular flexibility index (Phi) is 4.87. The summed E-state index contributed by atoms with van der Waals surface area (Å²) < 4.78 is 10.4. The quantitative estimate of drug-likeness (QED) is 0.644. The van der Waals surface area contributed by atoms with Crippen molar-refractivity contribution in [2.75, 3.05) is 13.7 Å². The fourth-order valence-electron chi connectivity index (χ4n) is 2.15. The molecule has 7 heteroatoms. The molecule has 0 bridgehead atoms. The van der Waals surface area contributed by atoms with Crippen molar-refractivity contribution in [1.29, 1.82) is 0 Å². The lowest BCUT2D eigenvalue weighted by atomic mass is 10.2. The van der Waals surface area contributed by atoms with E-state index in [-0.39, 0.29) is 18.3 Å². The number of furan rings is 1. The maximum absolute atomic E-state index is 12.0. The second kappa shape index (κ2) is 7.07. The third kappa shape index (κ3) is 3.77. The van der Waals surface area contributed by atoms with Gasteiger partial charge in [0.25, 0.3) is 5.91 Å². The van der Waals surface area contributed by atoms with Crippen LogP contribution in [0.4, 0.5) is 0 Å². The third-order valence-corrected chi connectivity index (χ3v) is 4.50. The van der Waals surface area contributed by atoms with Crippen molar-refractivity contribution in [2.45, 2.75) is 6.54 Å². The molecule has 1 aromatic carbocycles. The van der Waals surface area contributed by atoms with E-state index >= 15 is 0 Å². The number of ether oxygens (including phenoxy) is 1. The van der Waals surface area contributed by atoms with Gasteiger partial charge in [0.15, 0.2) is 6.61 Å². The number of esters is 1. The summed E-state index contributed by atoms with van der Waals surface area (Å²) in [5.41, 5.74) is 0.535. The molecule has 0 fully saturated rings. The Bertz CT molecular complexity index is 872. The molecule has 0 aliphatic rings. The number of fused-ring (bicyclic) bond motifs is 1. The lowest BCUT2D eigenvalue weighted by Gasteiger charge is -2.15. The first-order valence-corrected chi connectivity index (χ1v) is 8.41. The van der Waals surface area contributed by atoms with Gasteiger partial charge >= 0.3 is 5.97 Å². The molecule has 2 heterocycles. The van der Waals surface area contributed by atoms with Gasteiger partial charge in [-0.2, -0.15) is 0 Å². The van der Waals surface area contributed by atoms with E-state index in [2.05, 4.69) is 0 Å². The van der Waals surface area contributed by atoms with E-state index in [1.54, 1.807) is 42.6 Å². The molecule has 0 unspecified atom stereocenters. The SMILES string of the molecule is CN(Cc1cccs1)C(=O)COC(=O)c1cc2cc(Cl)ccc2o1. The van der Waals surface area contributed by atoms with Crippen LogP contribution in [0.5, 0.6) is 0 Å². The zero-order valence-electron chi connectivity index (χ0n) is 12.8. The van der Waals surface area contributed by atoms with Gasteiger partial charge < -0.3 is 14.1 Å².